The van der Waals surface area contributed by atoms with E-state index in [-0.39, 0.29) is 16.8 Å². The van der Waals surface area contributed by atoms with Gasteiger partial charge in [0.2, 0.25) is 0 Å². The lowest BCUT2D eigenvalue weighted by Crippen LogP contribution is -2.27. The number of nitrogens with one attached hydrogen (secondary N) is 2. The summed E-state index contributed by atoms with van der Waals surface area (Å²) in [4.78, 5) is 13.0. The molecule has 0 bridgehead atoms. The highest BCUT2D eigenvalue weighted by molar-refractivity contribution is 7.92. The van der Waals surface area contributed by atoms with Gasteiger partial charge in [-0.25, -0.2) is 8.42 Å². The summed E-state index contributed by atoms with van der Waals surface area (Å²) in [6.07, 6.45) is 0.964. The lowest BCUT2D eigenvalue weighted by Gasteiger charge is -2.17. The molecule has 0 heterocycles. The van der Waals surface area contributed by atoms with E-state index >= 15 is 0 Å². The second-order valence-corrected chi connectivity index (χ2v) is 8.87. The summed E-state index contributed by atoms with van der Waals surface area (Å²) in [5, 5.41) is 3.00. The average Bonchev–Trinajstić information content (AvgIpc) is 2.75. The molecule has 0 saturated carbocycles. The Balaban J connectivity index is 1.79. The quantitative estimate of drug-likeness (QED) is 0.572. The lowest BCUT2D eigenvalue weighted by atomic mass is 10.0. The van der Waals surface area contributed by atoms with Crippen molar-refractivity contribution < 1.29 is 13.2 Å². The number of carbonyl (C=O) groups excluding carboxylic acids is 1. The lowest BCUT2D eigenvalue weighted by molar-refractivity contribution is 0.0939. The molecule has 5 nitrogen and oxygen atoms in total. The molecule has 0 fully saturated rings. The Morgan fingerprint density at radius 2 is 1.60 bits per heavy atom. The summed E-state index contributed by atoms with van der Waals surface area (Å²) in [7, 11) is -3.73. The van der Waals surface area contributed by atoms with Crippen LogP contribution in [0.2, 0.25) is 0 Å². The van der Waals surface area contributed by atoms with Crippen molar-refractivity contribution in [3.05, 3.63) is 95.1 Å². The van der Waals surface area contributed by atoms with E-state index in [4.69, 9.17) is 0 Å². The van der Waals surface area contributed by atoms with E-state index in [1.807, 2.05) is 19.1 Å². The van der Waals surface area contributed by atoms with E-state index in [0.717, 1.165) is 12.0 Å². The summed E-state index contributed by atoms with van der Waals surface area (Å²) < 4.78 is 27.9. The minimum absolute atomic E-state index is 0.170. The number of rotatable bonds is 7. The summed E-state index contributed by atoms with van der Waals surface area (Å²) in [5.41, 5.74) is 3.64. The zero-order valence-corrected chi connectivity index (χ0v) is 18.2. The third kappa shape index (κ3) is 4.89. The predicted molar refractivity (Wildman–Crippen MR) is 120 cm³/mol. The Labute approximate surface area is 178 Å². The minimum Gasteiger partial charge on any atom is -0.346 e. The molecule has 0 radical (unpaired) electrons. The first-order valence-corrected chi connectivity index (χ1v) is 11.4. The zero-order chi connectivity index (χ0) is 21.7. The normalized spacial score (nSPS) is 12.2. The van der Waals surface area contributed by atoms with Crippen molar-refractivity contribution >= 4 is 21.6 Å². The largest absolute Gasteiger partial charge is 0.346 e. The molecule has 1 amide bonds. The molecule has 3 aromatic carbocycles. The van der Waals surface area contributed by atoms with Crippen molar-refractivity contribution in [2.75, 3.05) is 4.72 Å². The summed E-state index contributed by atoms with van der Waals surface area (Å²) in [6, 6.07) is 21.1. The highest BCUT2D eigenvalue weighted by Gasteiger charge is 2.19. The molecule has 0 aromatic heterocycles. The number of hydrogen-bond acceptors (Lipinski definition) is 3. The van der Waals surface area contributed by atoms with Gasteiger partial charge >= 0.3 is 0 Å². The van der Waals surface area contributed by atoms with Gasteiger partial charge < -0.3 is 5.32 Å². The van der Waals surface area contributed by atoms with Gasteiger partial charge in [-0.1, -0.05) is 55.5 Å². The number of amides is 1. The van der Waals surface area contributed by atoms with Crippen molar-refractivity contribution in [2.24, 2.45) is 0 Å². The molecule has 2 N–H and O–H groups in total. The molecule has 0 aliphatic heterocycles. The SMILES string of the molecule is CCc1ccc([C@@H](C)NC(=O)c2cccc(NS(=O)(=O)c3ccccc3)c2C)cc1. The van der Waals surface area contributed by atoms with Crippen molar-refractivity contribution in [1.29, 1.82) is 0 Å². The van der Waals surface area contributed by atoms with Crippen LogP contribution in [0.15, 0.2) is 77.7 Å². The van der Waals surface area contributed by atoms with Crippen LogP contribution in [0, 0.1) is 6.92 Å². The van der Waals surface area contributed by atoms with Crippen LogP contribution in [0.1, 0.15) is 46.9 Å². The fourth-order valence-corrected chi connectivity index (χ4v) is 4.34. The third-order valence-electron chi connectivity index (χ3n) is 5.11. The van der Waals surface area contributed by atoms with Gasteiger partial charge in [-0.15, -0.1) is 0 Å². The maximum absolute atomic E-state index is 12.9. The number of aryl methyl sites for hydroxylation is 1. The summed E-state index contributed by atoms with van der Waals surface area (Å²) in [6.45, 7) is 5.76. The smallest absolute Gasteiger partial charge is 0.261 e. The molecule has 6 heteroatoms. The van der Waals surface area contributed by atoms with Gasteiger partial charge in [0, 0.05) is 5.56 Å². The van der Waals surface area contributed by atoms with E-state index in [0.29, 0.717) is 16.8 Å². The monoisotopic (exact) mass is 422 g/mol. The Bertz CT molecular complexity index is 1120. The number of anilines is 1. The van der Waals surface area contributed by atoms with Crippen molar-refractivity contribution in [2.45, 2.75) is 38.1 Å². The van der Waals surface area contributed by atoms with Gasteiger partial charge in [0.25, 0.3) is 15.9 Å². The molecule has 0 unspecified atom stereocenters. The van der Waals surface area contributed by atoms with Crippen LogP contribution in [-0.2, 0) is 16.4 Å². The highest BCUT2D eigenvalue weighted by atomic mass is 32.2. The van der Waals surface area contributed by atoms with E-state index < -0.39 is 10.0 Å². The molecule has 30 heavy (non-hydrogen) atoms. The Morgan fingerprint density at radius 3 is 2.23 bits per heavy atom. The van der Waals surface area contributed by atoms with Crippen molar-refractivity contribution in [3.8, 4) is 0 Å². The fourth-order valence-electron chi connectivity index (χ4n) is 3.20. The molecule has 0 saturated heterocycles. The van der Waals surface area contributed by atoms with E-state index in [1.54, 1.807) is 43.3 Å². The molecule has 0 spiro atoms. The molecule has 156 valence electrons. The van der Waals surface area contributed by atoms with E-state index in [2.05, 4.69) is 29.1 Å². The maximum atomic E-state index is 12.9. The van der Waals surface area contributed by atoms with Gasteiger partial charge in [-0.3, -0.25) is 9.52 Å². The number of hydrogen-bond donors (Lipinski definition) is 2. The fraction of sp³-hybridized carbons (Fsp3) is 0.208. The number of carbonyl (C=O) groups is 1. The summed E-state index contributed by atoms with van der Waals surface area (Å²) in [5.74, 6) is -0.250. The molecular formula is C24H26N2O3S. The van der Waals surface area contributed by atoms with Crippen LogP contribution < -0.4 is 10.0 Å². The first-order chi connectivity index (χ1) is 14.3. The first kappa shape index (κ1) is 21.6. The maximum Gasteiger partial charge on any atom is 0.261 e. The van der Waals surface area contributed by atoms with Crippen LogP contribution in [0.4, 0.5) is 5.69 Å². The van der Waals surface area contributed by atoms with Gasteiger partial charge in [-0.2, -0.15) is 0 Å². The first-order valence-electron chi connectivity index (χ1n) is 9.89. The second-order valence-electron chi connectivity index (χ2n) is 7.19. The molecule has 3 rings (SSSR count). The molecule has 0 aliphatic carbocycles. The average molecular weight is 423 g/mol. The van der Waals surface area contributed by atoms with Crippen LogP contribution >= 0.6 is 0 Å². The molecular weight excluding hydrogens is 396 g/mol. The van der Waals surface area contributed by atoms with Crippen molar-refractivity contribution in [3.63, 3.8) is 0 Å². The topological polar surface area (TPSA) is 75.3 Å². The van der Waals surface area contributed by atoms with Gasteiger partial charge in [0.1, 0.15) is 0 Å². The third-order valence-corrected chi connectivity index (χ3v) is 6.49. The summed E-state index contributed by atoms with van der Waals surface area (Å²) >= 11 is 0. The van der Waals surface area contributed by atoms with Crippen LogP contribution in [0.5, 0.6) is 0 Å². The van der Waals surface area contributed by atoms with Crippen molar-refractivity contribution in [1.82, 2.24) is 5.32 Å². The van der Waals surface area contributed by atoms with Gasteiger partial charge in [0.15, 0.2) is 0 Å². The molecule has 0 aliphatic rings. The van der Waals surface area contributed by atoms with Crippen LogP contribution in [0.25, 0.3) is 0 Å². The number of benzene rings is 3. The van der Waals surface area contributed by atoms with Gasteiger partial charge in [0.05, 0.1) is 16.6 Å². The van der Waals surface area contributed by atoms with Crippen LogP contribution in [0.3, 0.4) is 0 Å². The highest BCUT2D eigenvalue weighted by Crippen LogP contribution is 2.23. The zero-order valence-electron chi connectivity index (χ0n) is 17.3. The second kappa shape index (κ2) is 9.13. The Morgan fingerprint density at radius 1 is 0.933 bits per heavy atom. The van der Waals surface area contributed by atoms with E-state index in [1.165, 1.54) is 17.7 Å². The van der Waals surface area contributed by atoms with Crippen LogP contribution in [-0.4, -0.2) is 14.3 Å². The minimum atomic E-state index is -3.73. The Hall–Kier alpha value is -3.12. The predicted octanol–water partition coefficient (Wildman–Crippen LogP) is 4.85. The van der Waals surface area contributed by atoms with Gasteiger partial charge in [-0.05, 0) is 61.2 Å². The Kier molecular flexibility index (Phi) is 6.57. The molecule has 3 aromatic rings. The standard InChI is InChI=1S/C24H26N2O3S/c1-4-19-13-15-20(16-14-19)18(3)25-24(27)22-11-8-12-23(17(22)2)26-30(28,29)21-9-6-5-7-10-21/h5-16,18,26H,4H2,1-3H3,(H,25,27)/t18-/m1/s1. The van der Waals surface area contributed by atoms with E-state index in [9.17, 15) is 13.2 Å². The molecule has 1 atom stereocenters. The number of sulfonamides is 1.